The van der Waals surface area contributed by atoms with Crippen LogP contribution in [0.25, 0.3) is 0 Å². The van der Waals surface area contributed by atoms with E-state index in [1.54, 1.807) is 0 Å². The summed E-state index contributed by atoms with van der Waals surface area (Å²) in [4.78, 5) is 20.1. The standard InChI is InChI=1S/C30H47F4NO16S/c31-25-27(33)30(52(38,39)40)28(34)26(32)29(25)51-24(37)2-4-42-6-8-44-10-12-46-14-16-48-18-20-50-22-21-49-19-17-47-15-13-45-11-9-43-7-5-41-3-1-23(35)36/h1-22H2,(H2,35,36)(H,38,39,40). The lowest BCUT2D eigenvalue weighted by atomic mass is 10.3. The molecular weight excluding hydrogens is 738 g/mol. The van der Waals surface area contributed by atoms with Crippen molar-refractivity contribution in [3.05, 3.63) is 23.3 Å². The van der Waals surface area contributed by atoms with Crippen LogP contribution >= 0.6 is 0 Å². The highest BCUT2D eigenvalue weighted by Crippen LogP contribution is 2.32. The lowest BCUT2D eigenvalue weighted by molar-refractivity contribution is -0.136. The molecule has 17 nitrogen and oxygen atoms in total. The third kappa shape index (κ3) is 23.1. The molecule has 0 spiro atoms. The number of amides is 1. The molecule has 0 radical (unpaired) electrons. The van der Waals surface area contributed by atoms with Crippen LogP contribution in [0.15, 0.2) is 4.90 Å². The second-order valence-corrected chi connectivity index (χ2v) is 11.3. The first-order valence-corrected chi connectivity index (χ1v) is 17.5. The minimum absolute atomic E-state index is 0.0266. The molecule has 0 saturated heterocycles. The van der Waals surface area contributed by atoms with E-state index in [9.17, 15) is 35.6 Å². The predicted octanol–water partition coefficient (Wildman–Crippen LogP) is 0.827. The summed E-state index contributed by atoms with van der Waals surface area (Å²) in [6.45, 7) is 6.28. The van der Waals surface area contributed by atoms with Crippen molar-refractivity contribution in [1.82, 2.24) is 0 Å². The molecule has 1 amide bonds. The second kappa shape index (κ2) is 29.8. The molecule has 0 saturated carbocycles. The Hall–Kier alpha value is -2.61. The van der Waals surface area contributed by atoms with Gasteiger partial charge in [-0.05, 0) is 0 Å². The van der Waals surface area contributed by atoms with Crippen LogP contribution in [0.5, 0.6) is 5.75 Å². The van der Waals surface area contributed by atoms with Gasteiger partial charge in [0.1, 0.15) is 0 Å². The number of carbonyl (C=O) groups excluding carboxylic acids is 2. The smallest absolute Gasteiger partial charge is 0.313 e. The number of primary amides is 1. The first-order valence-electron chi connectivity index (χ1n) is 16.1. The zero-order valence-electron chi connectivity index (χ0n) is 28.6. The van der Waals surface area contributed by atoms with Gasteiger partial charge in [0.15, 0.2) is 16.5 Å². The Morgan fingerprint density at radius 1 is 0.462 bits per heavy atom. The van der Waals surface area contributed by atoms with E-state index in [2.05, 4.69) is 4.74 Å². The molecular formula is C30H47F4NO16S. The van der Waals surface area contributed by atoms with Crippen molar-refractivity contribution in [2.24, 2.45) is 5.73 Å². The topological polar surface area (TPSA) is 216 Å². The molecule has 0 bridgehead atoms. The van der Waals surface area contributed by atoms with Gasteiger partial charge in [-0.3, -0.25) is 14.1 Å². The van der Waals surface area contributed by atoms with Crippen molar-refractivity contribution in [2.75, 3.05) is 132 Å². The zero-order chi connectivity index (χ0) is 38.5. The van der Waals surface area contributed by atoms with E-state index in [1.165, 1.54) is 0 Å². The van der Waals surface area contributed by atoms with Gasteiger partial charge >= 0.3 is 16.1 Å². The van der Waals surface area contributed by atoms with Crippen molar-refractivity contribution >= 4 is 22.0 Å². The summed E-state index contributed by atoms with van der Waals surface area (Å²) in [5, 5.41) is 0. The highest BCUT2D eigenvalue weighted by molar-refractivity contribution is 7.85. The highest BCUT2D eigenvalue weighted by atomic mass is 32.2. The molecule has 1 aromatic carbocycles. The number of hydrogen-bond acceptors (Lipinski definition) is 15. The van der Waals surface area contributed by atoms with Crippen molar-refractivity contribution < 1.29 is 92.2 Å². The van der Waals surface area contributed by atoms with E-state index >= 15 is 0 Å². The van der Waals surface area contributed by atoms with Crippen LogP contribution in [0.4, 0.5) is 17.6 Å². The van der Waals surface area contributed by atoms with Crippen LogP contribution in [0, 0.1) is 23.3 Å². The molecule has 0 heterocycles. The summed E-state index contributed by atoms with van der Waals surface area (Å²) in [6.07, 6.45) is -0.382. The monoisotopic (exact) mass is 785 g/mol. The number of ether oxygens (including phenoxy) is 11. The van der Waals surface area contributed by atoms with Gasteiger partial charge < -0.3 is 57.8 Å². The molecule has 22 heteroatoms. The Labute approximate surface area is 298 Å². The van der Waals surface area contributed by atoms with Gasteiger partial charge in [0.05, 0.1) is 139 Å². The summed E-state index contributed by atoms with van der Waals surface area (Å²) >= 11 is 0. The fourth-order valence-corrected chi connectivity index (χ4v) is 4.11. The minimum atomic E-state index is -5.64. The van der Waals surface area contributed by atoms with Crippen LogP contribution in [-0.2, 0) is 67.1 Å². The molecule has 0 atom stereocenters. The Morgan fingerprint density at radius 3 is 0.962 bits per heavy atom. The largest absolute Gasteiger partial charge is 0.420 e. The van der Waals surface area contributed by atoms with E-state index in [-0.39, 0.29) is 46.1 Å². The SMILES string of the molecule is NC(=O)CCOCCOCCOCCOCCOCCOCCOCCOCCOCCOCCC(=O)Oc1c(F)c(F)c(S(=O)(=O)O)c(F)c1F. The first kappa shape index (κ1) is 47.4. The maximum atomic E-state index is 13.9. The van der Waals surface area contributed by atoms with Crippen LogP contribution in [0.3, 0.4) is 0 Å². The van der Waals surface area contributed by atoms with Gasteiger partial charge in [0.2, 0.25) is 23.3 Å². The number of carbonyl (C=O) groups is 2. The maximum Gasteiger partial charge on any atom is 0.313 e. The predicted molar refractivity (Wildman–Crippen MR) is 168 cm³/mol. The zero-order valence-corrected chi connectivity index (χ0v) is 29.4. The fourth-order valence-electron chi connectivity index (χ4n) is 3.48. The van der Waals surface area contributed by atoms with E-state index in [1.807, 2.05) is 0 Å². The Bertz CT molecular complexity index is 1220. The van der Waals surface area contributed by atoms with Gasteiger partial charge in [0, 0.05) is 6.42 Å². The summed E-state index contributed by atoms with van der Waals surface area (Å²) in [5.41, 5.74) is 5.00. The fraction of sp³-hybridized carbons (Fsp3) is 0.733. The highest BCUT2D eigenvalue weighted by Gasteiger charge is 2.34. The van der Waals surface area contributed by atoms with Gasteiger partial charge in [-0.25, -0.2) is 8.78 Å². The van der Waals surface area contributed by atoms with E-state index < -0.39 is 62.3 Å². The third-order valence-corrected chi connectivity index (χ3v) is 6.82. The quantitative estimate of drug-likeness (QED) is 0.0243. The Balaban J connectivity index is 1.82. The summed E-state index contributed by atoms with van der Waals surface area (Å²) in [5.74, 6) is -13.1. The minimum Gasteiger partial charge on any atom is -0.420 e. The molecule has 1 aromatic rings. The lowest BCUT2D eigenvalue weighted by Gasteiger charge is -2.11. The number of benzene rings is 1. The van der Waals surface area contributed by atoms with Gasteiger partial charge in [-0.2, -0.15) is 17.2 Å². The van der Waals surface area contributed by atoms with E-state index in [4.69, 9.17) is 57.7 Å². The summed E-state index contributed by atoms with van der Waals surface area (Å²) in [7, 11) is -5.64. The van der Waals surface area contributed by atoms with E-state index in [0.717, 1.165) is 0 Å². The molecule has 3 N–H and O–H groups in total. The van der Waals surface area contributed by atoms with Crippen molar-refractivity contribution in [3.8, 4) is 5.75 Å². The second-order valence-electron chi connectivity index (χ2n) is 9.95. The molecule has 0 unspecified atom stereocenters. The average molecular weight is 786 g/mol. The molecule has 52 heavy (non-hydrogen) atoms. The molecule has 302 valence electrons. The van der Waals surface area contributed by atoms with Gasteiger partial charge in [-0.1, -0.05) is 0 Å². The average Bonchev–Trinajstić information content (AvgIpc) is 3.09. The Kier molecular flexibility index (Phi) is 27.2. The molecule has 0 fully saturated rings. The van der Waals surface area contributed by atoms with Crippen molar-refractivity contribution in [2.45, 2.75) is 17.7 Å². The van der Waals surface area contributed by atoms with E-state index in [0.29, 0.717) is 92.5 Å². The number of hydrogen-bond donors (Lipinski definition) is 2. The van der Waals surface area contributed by atoms with Gasteiger partial charge in [-0.15, -0.1) is 0 Å². The normalized spacial score (nSPS) is 11.7. The summed E-state index contributed by atoms with van der Waals surface area (Å²) < 4.78 is 143. The number of nitrogens with two attached hydrogens (primary N) is 1. The number of esters is 1. The number of halogens is 4. The first-order chi connectivity index (χ1) is 25.0. The number of rotatable bonds is 35. The Morgan fingerprint density at radius 2 is 0.712 bits per heavy atom. The van der Waals surface area contributed by atoms with Crippen molar-refractivity contribution in [1.29, 1.82) is 0 Å². The summed E-state index contributed by atoms with van der Waals surface area (Å²) in [6, 6.07) is 0. The molecule has 1 rings (SSSR count). The van der Waals surface area contributed by atoms with Crippen LogP contribution in [0.1, 0.15) is 12.8 Å². The third-order valence-electron chi connectivity index (χ3n) is 5.95. The van der Waals surface area contributed by atoms with Crippen LogP contribution < -0.4 is 10.5 Å². The van der Waals surface area contributed by atoms with Gasteiger partial charge in [0.25, 0.3) is 0 Å². The molecule has 0 aliphatic heterocycles. The molecule has 0 aliphatic carbocycles. The maximum absolute atomic E-state index is 13.9. The van der Waals surface area contributed by atoms with Crippen LogP contribution in [-0.4, -0.2) is 157 Å². The molecule has 0 aliphatic rings. The molecule has 0 aromatic heterocycles. The lowest BCUT2D eigenvalue weighted by Crippen LogP contribution is -2.17. The van der Waals surface area contributed by atoms with Crippen molar-refractivity contribution in [3.63, 3.8) is 0 Å². The van der Waals surface area contributed by atoms with Crippen LogP contribution in [0.2, 0.25) is 0 Å².